The number of ketones is 2. The molecule has 1 aliphatic carbocycles. The van der Waals surface area contributed by atoms with E-state index < -0.39 is 46.1 Å². The van der Waals surface area contributed by atoms with Gasteiger partial charge in [0.2, 0.25) is 17.5 Å². The van der Waals surface area contributed by atoms with Crippen molar-refractivity contribution < 1.29 is 28.6 Å². The first-order chi connectivity index (χ1) is 12.4. The summed E-state index contributed by atoms with van der Waals surface area (Å²) in [5, 5.41) is 20.8. The van der Waals surface area contributed by atoms with Crippen LogP contribution < -0.4 is 0 Å². The van der Waals surface area contributed by atoms with Gasteiger partial charge in [-0.1, -0.05) is 24.3 Å². The maximum absolute atomic E-state index is 14.1. The van der Waals surface area contributed by atoms with Gasteiger partial charge >= 0.3 is 0 Å². The Labute approximate surface area is 145 Å². The average Bonchev–Trinajstić information content (AvgIpc) is 2.86. The Balaban J connectivity index is 1.88. The number of carbonyl (C=O) groups is 2. The van der Waals surface area contributed by atoms with Crippen molar-refractivity contribution in [3.05, 3.63) is 81.9 Å². The number of aromatic hydroxyl groups is 2. The molecule has 1 aromatic heterocycles. The zero-order valence-electron chi connectivity index (χ0n) is 13.2. The Morgan fingerprint density at radius 1 is 0.808 bits per heavy atom. The lowest BCUT2D eigenvalue weighted by Gasteiger charge is -2.14. The molecule has 0 spiro atoms. The van der Waals surface area contributed by atoms with Gasteiger partial charge in [0, 0.05) is 5.56 Å². The smallest absolute Gasteiger partial charge is 0.206 e. The lowest BCUT2D eigenvalue weighted by atomic mass is 9.86. The van der Waals surface area contributed by atoms with Crippen molar-refractivity contribution in [2.24, 2.45) is 0 Å². The van der Waals surface area contributed by atoms with Crippen LogP contribution in [0.1, 0.15) is 37.4 Å². The van der Waals surface area contributed by atoms with E-state index >= 15 is 0 Å². The van der Waals surface area contributed by atoms with Crippen LogP contribution in [0.25, 0.3) is 0 Å². The molecule has 0 unspecified atom stereocenters. The van der Waals surface area contributed by atoms with Gasteiger partial charge in [0.25, 0.3) is 0 Å². The van der Waals surface area contributed by atoms with E-state index in [1.165, 1.54) is 36.4 Å². The van der Waals surface area contributed by atoms with E-state index in [0.29, 0.717) is 5.56 Å². The third kappa shape index (κ3) is 2.13. The number of nitrogens with zero attached hydrogens (tertiary/aromatic N) is 1. The average molecular weight is 355 g/mol. The van der Waals surface area contributed by atoms with Crippen LogP contribution in [0.15, 0.2) is 42.5 Å². The SMILES string of the molecule is O=C1c2cccc(F)c2C(=O)c2c1c(O)n(Cc1ccc(F)cc1)c2O. The summed E-state index contributed by atoms with van der Waals surface area (Å²) < 4.78 is 28.0. The van der Waals surface area contributed by atoms with Crippen LogP contribution in [-0.2, 0) is 6.54 Å². The molecule has 1 aliphatic rings. The largest absolute Gasteiger partial charge is 0.494 e. The van der Waals surface area contributed by atoms with Crippen molar-refractivity contribution in [2.45, 2.75) is 6.54 Å². The highest BCUT2D eigenvalue weighted by Crippen LogP contribution is 2.41. The van der Waals surface area contributed by atoms with Crippen molar-refractivity contribution in [2.75, 3.05) is 0 Å². The second-order valence-corrected chi connectivity index (χ2v) is 5.93. The van der Waals surface area contributed by atoms with Gasteiger partial charge in [0.1, 0.15) is 11.6 Å². The molecule has 0 aliphatic heterocycles. The number of halogens is 2. The number of rotatable bonds is 2. The number of carbonyl (C=O) groups excluding carboxylic acids is 2. The summed E-state index contributed by atoms with van der Waals surface area (Å²) in [4.78, 5) is 25.3. The molecule has 0 radical (unpaired) electrons. The topological polar surface area (TPSA) is 79.5 Å². The van der Waals surface area contributed by atoms with Crippen LogP contribution in [0, 0.1) is 11.6 Å². The molecule has 0 amide bonds. The second-order valence-electron chi connectivity index (χ2n) is 5.93. The van der Waals surface area contributed by atoms with Crippen molar-refractivity contribution in [1.82, 2.24) is 4.57 Å². The molecule has 0 saturated carbocycles. The molecule has 0 bridgehead atoms. The number of benzene rings is 2. The molecule has 5 nitrogen and oxygen atoms in total. The lowest BCUT2D eigenvalue weighted by Crippen LogP contribution is -2.20. The van der Waals surface area contributed by atoms with E-state index in [1.54, 1.807) is 0 Å². The first kappa shape index (κ1) is 16.0. The molecule has 2 N–H and O–H groups in total. The summed E-state index contributed by atoms with van der Waals surface area (Å²) in [6, 6.07) is 8.90. The Bertz CT molecular complexity index is 1080. The van der Waals surface area contributed by atoms with Crippen molar-refractivity contribution >= 4 is 11.6 Å². The molecule has 130 valence electrons. The molecular weight excluding hydrogens is 344 g/mol. The van der Waals surface area contributed by atoms with E-state index in [9.17, 15) is 28.6 Å². The van der Waals surface area contributed by atoms with Crippen molar-refractivity contribution in [3.8, 4) is 11.8 Å². The predicted octanol–water partition coefficient (Wildman–Crippen LogP) is 3.00. The van der Waals surface area contributed by atoms with E-state index in [0.717, 1.165) is 10.6 Å². The number of hydrogen-bond acceptors (Lipinski definition) is 4. The third-order valence-corrected chi connectivity index (χ3v) is 4.40. The zero-order chi connectivity index (χ0) is 18.6. The van der Waals surface area contributed by atoms with E-state index in [4.69, 9.17) is 0 Å². The molecule has 1 heterocycles. The Morgan fingerprint density at radius 2 is 1.42 bits per heavy atom. The molecule has 26 heavy (non-hydrogen) atoms. The van der Waals surface area contributed by atoms with Gasteiger partial charge in [0.05, 0.1) is 23.2 Å². The fraction of sp³-hybridized carbons (Fsp3) is 0.0526. The molecular formula is C19H11F2NO4. The van der Waals surface area contributed by atoms with Gasteiger partial charge in [-0.05, 0) is 23.8 Å². The maximum Gasteiger partial charge on any atom is 0.206 e. The highest BCUT2D eigenvalue weighted by Gasteiger charge is 2.40. The molecule has 0 atom stereocenters. The second kappa shape index (κ2) is 5.52. The fourth-order valence-corrected chi connectivity index (χ4v) is 3.15. The summed E-state index contributed by atoms with van der Waals surface area (Å²) in [5.74, 6) is -4.20. The van der Waals surface area contributed by atoms with Gasteiger partial charge in [-0.15, -0.1) is 0 Å². The van der Waals surface area contributed by atoms with Crippen LogP contribution in [0.3, 0.4) is 0 Å². The first-order valence-electron chi connectivity index (χ1n) is 7.67. The predicted molar refractivity (Wildman–Crippen MR) is 86.5 cm³/mol. The first-order valence-corrected chi connectivity index (χ1v) is 7.67. The molecule has 4 rings (SSSR count). The van der Waals surface area contributed by atoms with Crippen LogP contribution in [0.5, 0.6) is 11.8 Å². The minimum absolute atomic E-state index is 0.107. The quantitative estimate of drug-likeness (QED) is 0.579. The van der Waals surface area contributed by atoms with E-state index in [-0.39, 0.29) is 17.7 Å². The van der Waals surface area contributed by atoms with Gasteiger partial charge < -0.3 is 10.2 Å². The minimum atomic E-state index is -0.878. The highest BCUT2D eigenvalue weighted by molar-refractivity contribution is 6.30. The molecule has 0 saturated heterocycles. The number of fused-ring (bicyclic) bond motifs is 2. The van der Waals surface area contributed by atoms with Crippen LogP contribution >= 0.6 is 0 Å². The Morgan fingerprint density at radius 3 is 2.08 bits per heavy atom. The summed E-state index contributed by atoms with van der Waals surface area (Å²) in [6.45, 7) is -0.107. The number of hydrogen-bond donors (Lipinski definition) is 2. The van der Waals surface area contributed by atoms with Gasteiger partial charge in [-0.25, -0.2) is 8.78 Å². The summed E-state index contributed by atoms with van der Waals surface area (Å²) in [7, 11) is 0. The highest BCUT2D eigenvalue weighted by atomic mass is 19.1. The molecule has 0 fully saturated rings. The standard InChI is InChI=1S/C19H11F2NO4/c20-10-6-4-9(5-7-10)8-22-18(25)14-15(19(22)26)17(24)13-11(16(14)23)2-1-3-12(13)21/h1-7,25-26H,8H2. The number of aromatic nitrogens is 1. The fourth-order valence-electron chi connectivity index (χ4n) is 3.15. The molecule has 3 aromatic rings. The summed E-state index contributed by atoms with van der Waals surface area (Å²) in [6.07, 6.45) is 0. The van der Waals surface area contributed by atoms with Gasteiger partial charge in [0.15, 0.2) is 5.78 Å². The van der Waals surface area contributed by atoms with Crippen molar-refractivity contribution in [3.63, 3.8) is 0 Å². The lowest BCUT2D eigenvalue weighted by molar-refractivity contribution is 0.0972. The zero-order valence-corrected chi connectivity index (χ0v) is 13.2. The van der Waals surface area contributed by atoms with E-state index in [1.807, 2.05) is 0 Å². The minimum Gasteiger partial charge on any atom is -0.494 e. The molecule has 7 heteroatoms. The van der Waals surface area contributed by atoms with Gasteiger partial charge in [-0.2, -0.15) is 0 Å². The summed E-state index contributed by atoms with van der Waals surface area (Å²) in [5.41, 5.74) is -0.885. The van der Waals surface area contributed by atoms with Crippen LogP contribution in [0.4, 0.5) is 8.78 Å². The van der Waals surface area contributed by atoms with E-state index in [2.05, 4.69) is 0 Å². The third-order valence-electron chi connectivity index (χ3n) is 4.40. The monoisotopic (exact) mass is 355 g/mol. The Hall–Kier alpha value is -3.48. The Kier molecular flexibility index (Phi) is 3.40. The molecule has 2 aromatic carbocycles. The van der Waals surface area contributed by atoms with Crippen molar-refractivity contribution in [1.29, 1.82) is 0 Å². The van der Waals surface area contributed by atoms with Crippen LogP contribution in [-0.4, -0.2) is 26.3 Å². The summed E-state index contributed by atoms with van der Waals surface area (Å²) >= 11 is 0. The van der Waals surface area contributed by atoms with Crippen LogP contribution in [0.2, 0.25) is 0 Å². The normalized spacial score (nSPS) is 12.8. The maximum atomic E-state index is 14.1. The van der Waals surface area contributed by atoms with Gasteiger partial charge in [-0.3, -0.25) is 14.2 Å².